The van der Waals surface area contributed by atoms with Crippen LogP contribution in [0.25, 0.3) is 0 Å². The predicted octanol–water partition coefficient (Wildman–Crippen LogP) is 5.15. The van der Waals surface area contributed by atoms with Gasteiger partial charge < -0.3 is 0 Å². The Labute approximate surface area is 108 Å². The maximum absolute atomic E-state index is 11.4. The molecule has 0 saturated heterocycles. The van der Waals surface area contributed by atoms with Crippen LogP contribution in [0.1, 0.15) is 73.1 Å². The third kappa shape index (κ3) is 6.05. The maximum Gasteiger partial charge on any atom is 0.157 e. The Morgan fingerprint density at radius 3 is 2.59 bits per heavy atom. The Balaban J connectivity index is 0.00000289. The molecule has 1 saturated carbocycles. The minimum Gasteiger partial charge on any atom is -0.295 e. The van der Waals surface area contributed by atoms with Crippen LogP contribution in [0.15, 0.2) is 12.2 Å². The second kappa shape index (κ2) is 7.68. The van der Waals surface area contributed by atoms with Crippen molar-refractivity contribution >= 4 is 5.78 Å². The Kier molecular flexibility index (Phi) is 6.54. The summed E-state index contributed by atoms with van der Waals surface area (Å²) in [5, 5.41) is 0. The van der Waals surface area contributed by atoms with Crippen LogP contribution in [0.4, 0.5) is 0 Å². The van der Waals surface area contributed by atoms with Crippen LogP contribution >= 0.6 is 0 Å². The Bertz CT molecular complexity index is 254. The number of rotatable bonds is 8. The van der Waals surface area contributed by atoms with Gasteiger partial charge in [-0.05, 0) is 30.8 Å². The molecule has 1 aliphatic rings. The lowest BCUT2D eigenvalue weighted by Gasteiger charge is -2.13. The largest absolute Gasteiger partial charge is 0.295 e. The van der Waals surface area contributed by atoms with Gasteiger partial charge in [-0.15, -0.1) is 0 Å². The number of hydrogen-bond acceptors (Lipinski definition) is 1. The van der Waals surface area contributed by atoms with E-state index in [1.165, 1.54) is 44.9 Å². The Hall–Kier alpha value is -0.590. The number of Topliss-reactive ketones (excluding diaryl/α,β-unsaturated/α-hetero) is 1. The van der Waals surface area contributed by atoms with Crippen molar-refractivity contribution < 1.29 is 6.22 Å². The van der Waals surface area contributed by atoms with Crippen molar-refractivity contribution in [2.45, 2.75) is 71.6 Å². The molecule has 0 aromatic rings. The van der Waals surface area contributed by atoms with E-state index < -0.39 is 0 Å². The summed E-state index contributed by atoms with van der Waals surface area (Å²) in [5.74, 6) is 1.95. The molecule has 1 atom stereocenters. The molecule has 0 radical (unpaired) electrons. The molecule has 0 N–H and O–H groups in total. The average molecular weight is 238 g/mol. The minimum absolute atomic E-state index is 0. The van der Waals surface area contributed by atoms with Gasteiger partial charge in [0.2, 0.25) is 0 Å². The van der Waals surface area contributed by atoms with Crippen LogP contribution in [0.3, 0.4) is 0 Å². The summed E-state index contributed by atoms with van der Waals surface area (Å²) in [6.07, 6.45) is 11.6. The fourth-order valence-electron chi connectivity index (χ4n) is 2.79. The summed E-state index contributed by atoms with van der Waals surface area (Å²) >= 11 is 0. The van der Waals surface area contributed by atoms with Gasteiger partial charge in [0.15, 0.2) is 5.78 Å². The van der Waals surface area contributed by atoms with E-state index in [1.54, 1.807) is 0 Å². The fourth-order valence-corrected chi connectivity index (χ4v) is 2.79. The van der Waals surface area contributed by atoms with Crippen molar-refractivity contribution in [1.82, 2.24) is 0 Å². The number of hydrogen-bond donors (Lipinski definition) is 0. The lowest BCUT2D eigenvalue weighted by Crippen LogP contribution is -2.03. The van der Waals surface area contributed by atoms with Gasteiger partial charge in [0.05, 0.1) is 0 Å². The second-order valence-electron chi connectivity index (χ2n) is 5.93. The maximum atomic E-state index is 11.4. The van der Waals surface area contributed by atoms with Gasteiger partial charge >= 0.3 is 0 Å². The van der Waals surface area contributed by atoms with Crippen LogP contribution in [0, 0.1) is 11.8 Å². The molecule has 100 valence electrons. The zero-order valence-corrected chi connectivity index (χ0v) is 11.6. The number of carbonyl (C=O) groups excluding carboxylic acids is 1. The molecule has 0 heterocycles. The molecular formula is C16H30O. The molecule has 17 heavy (non-hydrogen) atoms. The van der Waals surface area contributed by atoms with E-state index in [0.717, 1.165) is 12.3 Å². The Morgan fingerprint density at radius 1 is 1.35 bits per heavy atom. The van der Waals surface area contributed by atoms with Gasteiger partial charge in [-0.2, -0.15) is 0 Å². The zero-order chi connectivity index (χ0) is 12.7. The molecule has 0 bridgehead atoms. The lowest BCUT2D eigenvalue weighted by atomic mass is 9.93. The smallest absolute Gasteiger partial charge is 0.157 e. The topological polar surface area (TPSA) is 17.1 Å². The highest BCUT2D eigenvalue weighted by atomic mass is 16.1. The molecular weight excluding hydrogens is 208 g/mol. The first kappa shape index (κ1) is 14.5. The van der Waals surface area contributed by atoms with E-state index in [4.69, 9.17) is 0 Å². The van der Waals surface area contributed by atoms with Gasteiger partial charge in [-0.3, -0.25) is 4.79 Å². The molecule has 1 unspecified atom stereocenters. The van der Waals surface area contributed by atoms with Crippen LogP contribution in [-0.4, -0.2) is 5.78 Å². The summed E-state index contributed by atoms with van der Waals surface area (Å²) < 4.78 is 0. The summed E-state index contributed by atoms with van der Waals surface area (Å²) in [7, 11) is 0. The van der Waals surface area contributed by atoms with Crippen LogP contribution in [0.5, 0.6) is 0 Å². The molecule has 0 aliphatic heterocycles. The molecule has 1 rings (SSSR count). The third-order valence-corrected chi connectivity index (χ3v) is 4.12. The highest BCUT2D eigenvalue weighted by molar-refractivity contribution is 5.93. The second-order valence-corrected chi connectivity index (χ2v) is 5.93. The first-order valence-corrected chi connectivity index (χ1v) is 7.28. The van der Waals surface area contributed by atoms with Crippen molar-refractivity contribution in [3.05, 3.63) is 12.2 Å². The SMILES string of the molecule is C=C(C)C(=O)CCC(C)CCCC1CCCC1.[HH]. The molecule has 0 aromatic carbocycles. The van der Waals surface area contributed by atoms with Crippen molar-refractivity contribution in [2.24, 2.45) is 11.8 Å². The van der Waals surface area contributed by atoms with Gasteiger partial charge in [-0.1, -0.05) is 58.4 Å². The summed E-state index contributed by atoms with van der Waals surface area (Å²) in [6.45, 7) is 7.79. The lowest BCUT2D eigenvalue weighted by molar-refractivity contribution is -0.115. The highest BCUT2D eigenvalue weighted by Gasteiger charge is 2.15. The van der Waals surface area contributed by atoms with Gasteiger partial charge in [0, 0.05) is 7.85 Å². The third-order valence-electron chi connectivity index (χ3n) is 4.12. The van der Waals surface area contributed by atoms with Crippen LogP contribution in [0.2, 0.25) is 0 Å². The number of carbonyl (C=O) groups is 1. The van der Waals surface area contributed by atoms with E-state index in [9.17, 15) is 4.79 Å². The van der Waals surface area contributed by atoms with Crippen molar-refractivity contribution in [2.75, 3.05) is 0 Å². The predicted molar refractivity (Wildman–Crippen MR) is 76.1 cm³/mol. The number of ketones is 1. The molecule has 1 aliphatic carbocycles. The normalized spacial score (nSPS) is 18.2. The molecule has 0 aromatic heterocycles. The molecule has 0 spiro atoms. The first-order valence-electron chi connectivity index (χ1n) is 7.28. The molecule has 1 nitrogen and oxygen atoms in total. The fraction of sp³-hybridized carbons (Fsp3) is 0.812. The van der Waals surface area contributed by atoms with Crippen LogP contribution < -0.4 is 0 Å². The van der Waals surface area contributed by atoms with E-state index in [0.29, 0.717) is 17.9 Å². The van der Waals surface area contributed by atoms with Crippen molar-refractivity contribution in [1.29, 1.82) is 0 Å². The average Bonchev–Trinajstić information content (AvgIpc) is 2.78. The first-order chi connectivity index (χ1) is 8.09. The molecule has 0 amide bonds. The minimum atomic E-state index is 0. The van der Waals surface area contributed by atoms with Gasteiger partial charge in [-0.25, -0.2) is 0 Å². The quantitative estimate of drug-likeness (QED) is 0.534. The Morgan fingerprint density at radius 2 is 2.00 bits per heavy atom. The molecule has 1 fully saturated rings. The van der Waals surface area contributed by atoms with Crippen LogP contribution in [-0.2, 0) is 4.79 Å². The standard InChI is InChI=1S/C16H28O.H2/c1-13(2)16(17)12-11-14(3)7-6-10-15-8-4-5-9-15;/h14-15H,1,4-12H2,2-3H3;1H. The monoisotopic (exact) mass is 238 g/mol. The van der Waals surface area contributed by atoms with Crippen molar-refractivity contribution in [3.8, 4) is 0 Å². The summed E-state index contributed by atoms with van der Waals surface area (Å²) in [4.78, 5) is 11.4. The van der Waals surface area contributed by atoms with Gasteiger partial charge in [0.25, 0.3) is 0 Å². The number of allylic oxidation sites excluding steroid dienone is 1. The van der Waals surface area contributed by atoms with E-state index in [-0.39, 0.29) is 7.21 Å². The molecule has 1 heteroatoms. The van der Waals surface area contributed by atoms with Gasteiger partial charge in [0.1, 0.15) is 0 Å². The summed E-state index contributed by atoms with van der Waals surface area (Å²) in [5.41, 5.74) is 0.711. The summed E-state index contributed by atoms with van der Waals surface area (Å²) in [6, 6.07) is 0. The van der Waals surface area contributed by atoms with E-state index >= 15 is 0 Å². The highest BCUT2D eigenvalue weighted by Crippen LogP contribution is 2.29. The van der Waals surface area contributed by atoms with Crippen molar-refractivity contribution in [3.63, 3.8) is 0 Å². The van der Waals surface area contributed by atoms with E-state index in [1.807, 2.05) is 6.92 Å². The zero-order valence-electron chi connectivity index (χ0n) is 11.6. The van der Waals surface area contributed by atoms with E-state index in [2.05, 4.69) is 13.5 Å².